The fourth-order valence-corrected chi connectivity index (χ4v) is 1.92. The molecule has 0 spiro atoms. The molecule has 2 rings (SSSR count). The molecule has 1 nitrogen and oxygen atoms in total. The smallest absolute Gasteiger partial charge is 0.119 e. The number of hydrogen-bond donors (Lipinski definition) is 0. The zero-order valence-electron chi connectivity index (χ0n) is 11.6. The van der Waals surface area contributed by atoms with Crippen molar-refractivity contribution in [2.45, 2.75) is 32.8 Å². The molecule has 0 radical (unpaired) electrons. The lowest BCUT2D eigenvalue weighted by molar-refractivity contribution is 0.306. The van der Waals surface area contributed by atoms with Crippen LogP contribution in [0.15, 0.2) is 48.5 Å². The Labute approximate surface area is 120 Å². The predicted octanol–water partition coefficient (Wildman–Crippen LogP) is 5.22. The molecule has 2 aromatic carbocycles. The van der Waals surface area contributed by atoms with E-state index in [-0.39, 0.29) is 5.41 Å². The summed E-state index contributed by atoms with van der Waals surface area (Å²) in [6.45, 7) is 7.18. The maximum atomic E-state index is 5.85. The molecular formula is C17H19ClO. The predicted molar refractivity (Wildman–Crippen MR) is 80.9 cm³/mol. The molecule has 0 bridgehead atoms. The van der Waals surface area contributed by atoms with Gasteiger partial charge in [0.2, 0.25) is 0 Å². The van der Waals surface area contributed by atoms with Crippen LogP contribution >= 0.6 is 11.6 Å². The molecule has 0 aliphatic rings. The van der Waals surface area contributed by atoms with Gasteiger partial charge in [0.05, 0.1) is 0 Å². The minimum absolute atomic E-state index is 0.175. The zero-order valence-corrected chi connectivity index (χ0v) is 12.4. The van der Waals surface area contributed by atoms with Gasteiger partial charge in [0.25, 0.3) is 0 Å². The number of halogens is 1. The van der Waals surface area contributed by atoms with Gasteiger partial charge in [-0.3, -0.25) is 0 Å². The van der Waals surface area contributed by atoms with Crippen LogP contribution in [0.5, 0.6) is 5.75 Å². The third-order valence-corrected chi connectivity index (χ3v) is 3.29. The molecule has 0 unspecified atom stereocenters. The van der Waals surface area contributed by atoms with Crippen LogP contribution in [0.3, 0.4) is 0 Å². The van der Waals surface area contributed by atoms with Crippen molar-refractivity contribution in [1.29, 1.82) is 0 Å². The molecule has 0 atom stereocenters. The third-order valence-electron chi connectivity index (χ3n) is 3.04. The summed E-state index contributed by atoms with van der Waals surface area (Å²) < 4.78 is 5.76. The van der Waals surface area contributed by atoms with Crippen LogP contribution in [0.25, 0.3) is 0 Å². The van der Waals surface area contributed by atoms with Crippen LogP contribution < -0.4 is 4.74 Å². The highest BCUT2D eigenvalue weighted by molar-refractivity contribution is 6.30. The van der Waals surface area contributed by atoms with E-state index in [1.807, 2.05) is 36.4 Å². The molecule has 0 saturated heterocycles. The number of ether oxygens (including phenoxy) is 1. The van der Waals surface area contributed by atoms with Gasteiger partial charge in [-0.1, -0.05) is 56.6 Å². The first kappa shape index (κ1) is 14.0. The Balaban J connectivity index is 1.98. The molecule has 0 fully saturated rings. The molecule has 0 aliphatic heterocycles. The van der Waals surface area contributed by atoms with E-state index in [9.17, 15) is 0 Å². The van der Waals surface area contributed by atoms with Gasteiger partial charge in [0, 0.05) is 5.02 Å². The fraction of sp³-hybridized carbons (Fsp3) is 0.294. The minimum Gasteiger partial charge on any atom is -0.489 e. The second kappa shape index (κ2) is 5.66. The minimum atomic E-state index is 0.175. The lowest BCUT2D eigenvalue weighted by Crippen LogP contribution is -2.10. The molecular weight excluding hydrogens is 256 g/mol. The second-order valence-electron chi connectivity index (χ2n) is 5.69. The van der Waals surface area contributed by atoms with Gasteiger partial charge in [0.1, 0.15) is 12.4 Å². The molecule has 0 heterocycles. The maximum Gasteiger partial charge on any atom is 0.119 e. The standard InChI is InChI=1S/C17H19ClO/c1-17(2,3)14-6-10-16(11-7-14)19-12-13-4-8-15(18)9-5-13/h4-11H,12H2,1-3H3. The van der Waals surface area contributed by atoms with Gasteiger partial charge in [-0.2, -0.15) is 0 Å². The summed E-state index contributed by atoms with van der Waals surface area (Å²) in [5, 5.41) is 0.748. The Hall–Kier alpha value is -1.47. The lowest BCUT2D eigenvalue weighted by atomic mass is 9.87. The van der Waals surface area contributed by atoms with Crippen LogP contribution in [0.2, 0.25) is 5.02 Å². The highest BCUT2D eigenvalue weighted by Gasteiger charge is 2.12. The van der Waals surface area contributed by atoms with Crippen molar-refractivity contribution in [2.24, 2.45) is 0 Å². The average molecular weight is 275 g/mol. The van der Waals surface area contributed by atoms with Gasteiger partial charge >= 0.3 is 0 Å². The Kier molecular flexibility index (Phi) is 4.16. The molecule has 100 valence electrons. The Morgan fingerprint density at radius 2 is 1.47 bits per heavy atom. The van der Waals surface area contributed by atoms with E-state index >= 15 is 0 Å². The fourth-order valence-electron chi connectivity index (χ4n) is 1.80. The molecule has 2 heteroatoms. The van der Waals surface area contributed by atoms with Crippen molar-refractivity contribution >= 4 is 11.6 Å². The van der Waals surface area contributed by atoms with Crippen LogP contribution in [0.4, 0.5) is 0 Å². The summed E-state index contributed by atoms with van der Waals surface area (Å²) >= 11 is 5.85. The molecule has 0 saturated carbocycles. The first-order valence-electron chi connectivity index (χ1n) is 6.43. The third kappa shape index (κ3) is 4.00. The molecule has 0 aromatic heterocycles. The van der Waals surface area contributed by atoms with Crippen molar-refractivity contribution in [3.8, 4) is 5.75 Å². The molecule has 0 amide bonds. The maximum absolute atomic E-state index is 5.85. The van der Waals surface area contributed by atoms with E-state index in [0.29, 0.717) is 6.61 Å². The summed E-state index contributed by atoms with van der Waals surface area (Å²) in [6.07, 6.45) is 0. The van der Waals surface area contributed by atoms with Crippen molar-refractivity contribution < 1.29 is 4.74 Å². The van der Waals surface area contributed by atoms with Crippen LogP contribution in [-0.2, 0) is 12.0 Å². The van der Waals surface area contributed by atoms with Gasteiger partial charge < -0.3 is 4.74 Å². The van der Waals surface area contributed by atoms with Gasteiger partial charge in [-0.05, 0) is 40.8 Å². The normalized spacial score (nSPS) is 11.4. The van der Waals surface area contributed by atoms with E-state index in [4.69, 9.17) is 16.3 Å². The van der Waals surface area contributed by atoms with E-state index < -0.39 is 0 Å². The summed E-state index contributed by atoms with van der Waals surface area (Å²) in [4.78, 5) is 0. The highest BCUT2D eigenvalue weighted by atomic mass is 35.5. The topological polar surface area (TPSA) is 9.23 Å². The molecule has 0 aliphatic carbocycles. The van der Waals surface area contributed by atoms with E-state index in [2.05, 4.69) is 32.9 Å². The largest absolute Gasteiger partial charge is 0.489 e. The highest BCUT2D eigenvalue weighted by Crippen LogP contribution is 2.24. The van der Waals surface area contributed by atoms with E-state index in [0.717, 1.165) is 16.3 Å². The summed E-state index contributed by atoms with van der Waals surface area (Å²) in [6, 6.07) is 16.0. The average Bonchev–Trinajstić information content (AvgIpc) is 2.37. The SMILES string of the molecule is CC(C)(C)c1ccc(OCc2ccc(Cl)cc2)cc1. The zero-order chi connectivity index (χ0) is 13.9. The summed E-state index contributed by atoms with van der Waals surface area (Å²) in [5.74, 6) is 0.892. The van der Waals surface area contributed by atoms with Crippen molar-refractivity contribution in [2.75, 3.05) is 0 Å². The number of rotatable bonds is 3. The molecule has 2 aromatic rings. The Bertz CT molecular complexity index is 521. The summed E-state index contributed by atoms with van der Waals surface area (Å²) in [7, 11) is 0. The summed E-state index contributed by atoms with van der Waals surface area (Å²) in [5.41, 5.74) is 2.60. The lowest BCUT2D eigenvalue weighted by Gasteiger charge is -2.19. The van der Waals surface area contributed by atoms with Crippen molar-refractivity contribution in [3.63, 3.8) is 0 Å². The van der Waals surface area contributed by atoms with Crippen LogP contribution in [-0.4, -0.2) is 0 Å². The van der Waals surface area contributed by atoms with Gasteiger partial charge in [0.15, 0.2) is 0 Å². The first-order valence-corrected chi connectivity index (χ1v) is 6.81. The monoisotopic (exact) mass is 274 g/mol. The second-order valence-corrected chi connectivity index (χ2v) is 6.13. The quantitative estimate of drug-likeness (QED) is 0.746. The van der Waals surface area contributed by atoms with E-state index in [1.54, 1.807) is 0 Å². The van der Waals surface area contributed by atoms with Gasteiger partial charge in [-0.15, -0.1) is 0 Å². The first-order chi connectivity index (χ1) is 8.95. The Morgan fingerprint density at radius 3 is 2.00 bits per heavy atom. The Morgan fingerprint density at radius 1 is 0.895 bits per heavy atom. The van der Waals surface area contributed by atoms with Crippen molar-refractivity contribution in [3.05, 3.63) is 64.7 Å². The molecule has 0 N–H and O–H groups in total. The van der Waals surface area contributed by atoms with Crippen LogP contribution in [0.1, 0.15) is 31.9 Å². The van der Waals surface area contributed by atoms with Crippen molar-refractivity contribution in [1.82, 2.24) is 0 Å². The number of hydrogen-bond acceptors (Lipinski definition) is 1. The molecule has 19 heavy (non-hydrogen) atoms. The number of benzene rings is 2. The van der Waals surface area contributed by atoms with E-state index in [1.165, 1.54) is 5.56 Å². The van der Waals surface area contributed by atoms with Crippen LogP contribution in [0, 0.1) is 0 Å². The van der Waals surface area contributed by atoms with Gasteiger partial charge in [-0.25, -0.2) is 0 Å².